The molecule has 1 fully saturated rings. The Bertz CT molecular complexity index is 646. The zero-order valence-electron chi connectivity index (χ0n) is 11.1. The lowest BCUT2D eigenvalue weighted by molar-refractivity contribution is 0.0133. The third-order valence-corrected chi connectivity index (χ3v) is 3.61. The molecule has 6 heteroatoms. The van der Waals surface area contributed by atoms with E-state index in [2.05, 4.69) is 21.5 Å². The Morgan fingerprint density at radius 2 is 2.35 bits per heavy atom. The first-order valence-corrected chi connectivity index (χ1v) is 6.50. The fourth-order valence-electron chi connectivity index (χ4n) is 2.51. The van der Waals surface area contributed by atoms with Crippen LogP contribution in [0.15, 0.2) is 30.6 Å². The first-order chi connectivity index (χ1) is 9.69. The molecular formula is C14H15N5O. The fraction of sp³-hybridized carbons (Fsp3) is 0.357. The van der Waals surface area contributed by atoms with Crippen LogP contribution in [0.4, 0.5) is 5.82 Å². The molecule has 3 rings (SSSR count). The number of nitriles is 1. The van der Waals surface area contributed by atoms with Crippen LogP contribution in [0.25, 0.3) is 0 Å². The Labute approximate surface area is 116 Å². The third-order valence-electron chi connectivity index (χ3n) is 3.61. The van der Waals surface area contributed by atoms with Crippen LogP contribution in [0.3, 0.4) is 0 Å². The van der Waals surface area contributed by atoms with Gasteiger partial charge in [-0.05, 0) is 31.5 Å². The number of aryl methyl sites for hydroxylation is 1. The number of aromatic nitrogens is 3. The minimum Gasteiger partial charge on any atom is -0.391 e. The van der Waals surface area contributed by atoms with Gasteiger partial charge >= 0.3 is 0 Å². The Hall–Kier alpha value is -2.39. The smallest absolute Gasteiger partial charge is 0.144 e. The summed E-state index contributed by atoms with van der Waals surface area (Å²) < 4.78 is 1.74. The van der Waals surface area contributed by atoms with E-state index in [-0.39, 0.29) is 12.1 Å². The highest BCUT2D eigenvalue weighted by Crippen LogP contribution is 2.34. The summed E-state index contributed by atoms with van der Waals surface area (Å²) in [5.41, 5.74) is 1.36. The van der Waals surface area contributed by atoms with Gasteiger partial charge in [0.1, 0.15) is 11.9 Å². The number of pyridine rings is 1. The summed E-state index contributed by atoms with van der Waals surface area (Å²) in [4.78, 5) is 4.36. The van der Waals surface area contributed by atoms with Crippen LogP contribution in [-0.2, 0) is 0 Å². The second kappa shape index (κ2) is 4.94. The van der Waals surface area contributed by atoms with Crippen LogP contribution >= 0.6 is 0 Å². The van der Waals surface area contributed by atoms with Crippen LogP contribution in [-0.4, -0.2) is 32.0 Å². The molecule has 102 valence electrons. The molecule has 2 heterocycles. The van der Waals surface area contributed by atoms with Crippen LogP contribution in [0.1, 0.15) is 23.7 Å². The second-order valence-corrected chi connectivity index (χ2v) is 4.99. The predicted molar refractivity (Wildman–Crippen MR) is 73.0 cm³/mol. The van der Waals surface area contributed by atoms with Crippen molar-refractivity contribution in [2.24, 2.45) is 0 Å². The van der Waals surface area contributed by atoms with E-state index in [1.54, 1.807) is 16.9 Å². The van der Waals surface area contributed by atoms with Crippen LogP contribution < -0.4 is 5.32 Å². The van der Waals surface area contributed by atoms with E-state index in [1.807, 2.05) is 25.3 Å². The maximum Gasteiger partial charge on any atom is 0.144 e. The van der Waals surface area contributed by atoms with Crippen LogP contribution in [0.2, 0.25) is 0 Å². The van der Waals surface area contributed by atoms with Crippen molar-refractivity contribution in [3.63, 3.8) is 0 Å². The number of hydrogen-bond acceptors (Lipinski definition) is 5. The SMILES string of the molecule is Cc1ccc(C#N)c(N[C@H]2C[C@@H](O)[C@@H]2n2cccn2)n1. The maximum atomic E-state index is 9.92. The van der Waals surface area contributed by atoms with Gasteiger partial charge in [0.2, 0.25) is 0 Å². The van der Waals surface area contributed by atoms with Gasteiger partial charge in [-0.15, -0.1) is 0 Å². The summed E-state index contributed by atoms with van der Waals surface area (Å²) in [5, 5.41) is 26.5. The van der Waals surface area contributed by atoms with Crippen LogP contribution in [0, 0.1) is 18.3 Å². The number of anilines is 1. The molecule has 0 aromatic carbocycles. The first-order valence-electron chi connectivity index (χ1n) is 6.50. The van der Waals surface area contributed by atoms with E-state index in [4.69, 9.17) is 5.26 Å². The van der Waals surface area contributed by atoms with Gasteiger partial charge in [-0.1, -0.05) is 0 Å². The molecule has 0 saturated heterocycles. The Balaban J connectivity index is 1.82. The van der Waals surface area contributed by atoms with Gasteiger partial charge in [-0.3, -0.25) is 4.68 Å². The molecule has 2 N–H and O–H groups in total. The molecule has 0 amide bonds. The lowest BCUT2D eigenvalue weighted by Crippen LogP contribution is -2.51. The Morgan fingerprint density at radius 1 is 1.50 bits per heavy atom. The lowest BCUT2D eigenvalue weighted by atomic mass is 9.83. The van der Waals surface area contributed by atoms with Gasteiger partial charge in [-0.2, -0.15) is 10.4 Å². The molecule has 20 heavy (non-hydrogen) atoms. The number of rotatable bonds is 3. The molecule has 0 unspecified atom stereocenters. The van der Waals surface area contributed by atoms with Gasteiger partial charge < -0.3 is 10.4 Å². The van der Waals surface area contributed by atoms with Gasteiger partial charge in [0.05, 0.1) is 23.8 Å². The first kappa shape index (κ1) is 12.6. The molecule has 1 aliphatic carbocycles. The van der Waals surface area contributed by atoms with Crippen molar-refractivity contribution in [3.8, 4) is 6.07 Å². The zero-order chi connectivity index (χ0) is 14.1. The van der Waals surface area contributed by atoms with Crippen molar-refractivity contribution in [2.75, 3.05) is 5.32 Å². The van der Waals surface area contributed by atoms with Crippen molar-refractivity contribution in [1.82, 2.24) is 14.8 Å². The number of nitrogens with one attached hydrogen (secondary N) is 1. The fourth-order valence-corrected chi connectivity index (χ4v) is 2.51. The highest BCUT2D eigenvalue weighted by molar-refractivity contribution is 5.53. The van der Waals surface area contributed by atoms with Gasteiger partial charge in [0, 0.05) is 18.1 Å². The Kier molecular flexibility index (Phi) is 3.12. The van der Waals surface area contributed by atoms with Crippen molar-refractivity contribution >= 4 is 5.82 Å². The van der Waals surface area contributed by atoms with Gasteiger partial charge in [0.15, 0.2) is 0 Å². The van der Waals surface area contributed by atoms with Crippen molar-refractivity contribution in [2.45, 2.75) is 31.5 Å². The maximum absolute atomic E-state index is 9.92. The molecule has 1 aliphatic rings. The number of nitrogens with zero attached hydrogens (tertiary/aromatic N) is 4. The summed E-state index contributed by atoms with van der Waals surface area (Å²) in [6.45, 7) is 1.88. The van der Waals surface area contributed by atoms with E-state index in [0.29, 0.717) is 17.8 Å². The van der Waals surface area contributed by atoms with Gasteiger partial charge in [-0.25, -0.2) is 4.98 Å². The average molecular weight is 269 g/mol. The molecule has 0 bridgehead atoms. The summed E-state index contributed by atoms with van der Waals surface area (Å²) in [7, 11) is 0. The zero-order valence-corrected chi connectivity index (χ0v) is 11.1. The van der Waals surface area contributed by atoms with E-state index < -0.39 is 6.10 Å². The largest absolute Gasteiger partial charge is 0.391 e. The van der Waals surface area contributed by atoms with Crippen LogP contribution in [0.5, 0.6) is 0 Å². The summed E-state index contributed by atoms with van der Waals surface area (Å²) in [5.74, 6) is 0.571. The molecule has 1 saturated carbocycles. The van der Waals surface area contributed by atoms with Crippen molar-refractivity contribution < 1.29 is 5.11 Å². The standard InChI is InChI=1S/C14H15N5O/c1-9-3-4-10(8-15)14(17-9)18-11-7-12(20)13(11)19-6-2-5-16-19/h2-6,11-13,20H,7H2,1H3,(H,17,18)/t11-,12+,13+/m0/s1. The second-order valence-electron chi connectivity index (χ2n) is 4.99. The minimum atomic E-state index is -0.428. The molecule has 2 aromatic heterocycles. The summed E-state index contributed by atoms with van der Waals surface area (Å²) in [6, 6.07) is 7.41. The Morgan fingerprint density at radius 3 is 3.00 bits per heavy atom. The van der Waals surface area contributed by atoms with Crippen molar-refractivity contribution in [3.05, 3.63) is 41.9 Å². The predicted octanol–water partition coefficient (Wildman–Crippen LogP) is 1.24. The lowest BCUT2D eigenvalue weighted by Gasteiger charge is -2.42. The molecule has 0 spiro atoms. The summed E-state index contributed by atoms with van der Waals surface area (Å²) in [6.07, 6.45) is 3.71. The molecule has 6 nitrogen and oxygen atoms in total. The minimum absolute atomic E-state index is 0.0197. The quantitative estimate of drug-likeness (QED) is 0.875. The summed E-state index contributed by atoms with van der Waals surface area (Å²) >= 11 is 0. The number of aliphatic hydroxyl groups is 1. The van der Waals surface area contributed by atoms with E-state index in [0.717, 1.165) is 5.69 Å². The number of aliphatic hydroxyl groups excluding tert-OH is 1. The van der Waals surface area contributed by atoms with Gasteiger partial charge in [0.25, 0.3) is 0 Å². The molecule has 0 aliphatic heterocycles. The molecular weight excluding hydrogens is 254 g/mol. The van der Waals surface area contributed by atoms with E-state index >= 15 is 0 Å². The molecule has 0 radical (unpaired) electrons. The average Bonchev–Trinajstić information content (AvgIpc) is 2.91. The van der Waals surface area contributed by atoms with E-state index in [9.17, 15) is 5.11 Å². The number of hydrogen-bond donors (Lipinski definition) is 2. The molecule has 2 aromatic rings. The molecule has 3 atom stereocenters. The highest BCUT2D eigenvalue weighted by atomic mass is 16.3. The van der Waals surface area contributed by atoms with Crippen molar-refractivity contribution in [1.29, 1.82) is 5.26 Å². The van der Waals surface area contributed by atoms with E-state index in [1.165, 1.54) is 0 Å². The normalized spacial score (nSPS) is 24.8. The highest BCUT2D eigenvalue weighted by Gasteiger charge is 2.42. The third kappa shape index (κ3) is 2.12. The monoisotopic (exact) mass is 269 g/mol. The topological polar surface area (TPSA) is 86.8 Å².